The van der Waals surface area contributed by atoms with Gasteiger partial charge < -0.3 is 5.84 Å². The highest BCUT2D eigenvalue weighted by Gasteiger charge is 2.16. The summed E-state index contributed by atoms with van der Waals surface area (Å²) in [6.07, 6.45) is 0. The molecule has 1 aromatic heterocycles. The summed E-state index contributed by atoms with van der Waals surface area (Å²) < 4.78 is 1.45. The molecule has 3 aromatic rings. The van der Waals surface area contributed by atoms with Crippen LogP contribution in [0.5, 0.6) is 0 Å². The van der Waals surface area contributed by atoms with Crippen LogP contribution in [0.1, 0.15) is 16.7 Å². The maximum Gasteiger partial charge on any atom is 0.272 e. The van der Waals surface area contributed by atoms with Crippen LogP contribution in [0, 0.1) is 24.0 Å². The van der Waals surface area contributed by atoms with Gasteiger partial charge in [-0.05, 0) is 19.4 Å². The molecule has 0 atom stereocenters. The van der Waals surface area contributed by atoms with Gasteiger partial charge in [-0.3, -0.25) is 10.1 Å². The fourth-order valence-electron chi connectivity index (χ4n) is 2.44. The van der Waals surface area contributed by atoms with Gasteiger partial charge in [-0.1, -0.05) is 53.7 Å². The highest BCUT2D eigenvalue weighted by atomic mass is 32.2. The van der Waals surface area contributed by atoms with E-state index in [1.165, 1.54) is 22.5 Å². The number of nitro groups is 1. The van der Waals surface area contributed by atoms with Crippen molar-refractivity contribution in [3.63, 3.8) is 0 Å². The van der Waals surface area contributed by atoms with E-state index >= 15 is 0 Å². The van der Waals surface area contributed by atoms with Crippen LogP contribution >= 0.6 is 11.8 Å². The second-order valence-electron chi connectivity index (χ2n) is 5.65. The molecule has 0 fully saturated rings. The Kier molecular flexibility index (Phi) is 4.71. The highest BCUT2D eigenvalue weighted by Crippen LogP contribution is 2.28. The van der Waals surface area contributed by atoms with Crippen LogP contribution in [0.4, 0.5) is 5.69 Å². The monoisotopic (exact) mass is 355 g/mol. The number of aromatic nitrogens is 3. The predicted octanol–water partition coefficient (Wildman–Crippen LogP) is 3.48. The molecule has 0 saturated heterocycles. The number of nitrogen functional groups attached to an aromatic ring is 1. The zero-order valence-corrected chi connectivity index (χ0v) is 14.7. The minimum atomic E-state index is -0.371. The molecule has 3 rings (SSSR count). The number of hydrogen-bond donors (Lipinski definition) is 1. The lowest BCUT2D eigenvalue weighted by atomic mass is 10.1. The lowest BCUT2D eigenvalue weighted by Crippen LogP contribution is -2.11. The first-order valence-electron chi connectivity index (χ1n) is 7.60. The number of hydrogen-bond acceptors (Lipinski definition) is 6. The first kappa shape index (κ1) is 17.0. The normalized spacial score (nSPS) is 10.8. The average molecular weight is 355 g/mol. The van der Waals surface area contributed by atoms with Crippen molar-refractivity contribution < 1.29 is 4.92 Å². The molecule has 7 nitrogen and oxygen atoms in total. The first-order chi connectivity index (χ1) is 12.0. The van der Waals surface area contributed by atoms with Gasteiger partial charge in [0.05, 0.1) is 4.92 Å². The molecular weight excluding hydrogens is 338 g/mol. The van der Waals surface area contributed by atoms with Crippen molar-refractivity contribution in [3.05, 3.63) is 69.3 Å². The van der Waals surface area contributed by atoms with E-state index in [0.717, 1.165) is 16.7 Å². The van der Waals surface area contributed by atoms with Gasteiger partial charge in [0.1, 0.15) is 0 Å². The largest absolute Gasteiger partial charge is 0.335 e. The molecule has 0 amide bonds. The molecule has 0 spiro atoms. The maximum absolute atomic E-state index is 11.0. The van der Waals surface area contributed by atoms with E-state index in [1.807, 2.05) is 37.3 Å². The summed E-state index contributed by atoms with van der Waals surface area (Å²) in [5, 5.41) is 19.9. The molecule has 2 N–H and O–H groups in total. The minimum Gasteiger partial charge on any atom is -0.335 e. The summed E-state index contributed by atoms with van der Waals surface area (Å²) in [7, 11) is 0. The summed E-state index contributed by atoms with van der Waals surface area (Å²) >= 11 is 1.40. The molecule has 8 heteroatoms. The van der Waals surface area contributed by atoms with Crippen molar-refractivity contribution in [2.75, 3.05) is 5.84 Å². The van der Waals surface area contributed by atoms with Gasteiger partial charge in [0.15, 0.2) is 5.82 Å². The maximum atomic E-state index is 11.0. The molecule has 0 aliphatic rings. The standard InChI is InChI=1S/C17H17N5O2S/c1-11-6-8-13(9-7-11)16-19-20-17(21(16)18)25-10-14-4-3-5-15(12(14)2)22(23)24/h3-9H,10,18H2,1-2H3. The third-order valence-electron chi connectivity index (χ3n) is 3.95. The third-order valence-corrected chi connectivity index (χ3v) is 4.94. The average Bonchev–Trinajstić information content (AvgIpc) is 2.95. The van der Waals surface area contributed by atoms with Crippen LogP contribution in [0.25, 0.3) is 11.4 Å². The zero-order chi connectivity index (χ0) is 18.0. The molecule has 0 aliphatic carbocycles. The highest BCUT2D eigenvalue weighted by molar-refractivity contribution is 7.98. The number of thioether (sulfide) groups is 1. The van der Waals surface area contributed by atoms with Gasteiger partial charge in [0, 0.05) is 22.9 Å². The molecule has 128 valence electrons. The topological polar surface area (TPSA) is 99.9 Å². The summed E-state index contributed by atoms with van der Waals surface area (Å²) in [5.41, 5.74) is 3.69. The van der Waals surface area contributed by atoms with Crippen LogP contribution in [-0.4, -0.2) is 19.8 Å². The summed E-state index contributed by atoms with van der Waals surface area (Å²) in [6, 6.07) is 12.9. The fraction of sp³-hybridized carbons (Fsp3) is 0.176. The molecule has 0 aliphatic heterocycles. The predicted molar refractivity (Wildman–Crippen MR) is 97.7 cm³/mol. The van der Waals surface area contributed by atoms with E-state index in [-0.39, 0.29) is 10.6 Å². The van der Waals surface area contributed by atoms with E-state index in [1.54, 1.807) is 13.0 Å². The van der Waals surface area contributed by atoms with E-state index in [0.29, 0.717) is 22.3 Å². The molecule has 0 radical (unpaired) electrons. The van der Waals surface area contributed by atoms with Gasteiger partial charge in [0.2, 0.25) is 5.16 Å². The molecule has 1 heterocycles. The van der Waals surface area contributed by atoms with E-state index in [4.69, 9.17) is 5.84 Å². The van der Waals surface area contributed by atoms with Gasteiger partial charge in [0.25, 0.3) is 5.69 Å². The van der Waals surface area contributed by atoms with Crippen molar-refractivity contribution in [1.29, 1.82) is 0 Å². The van der Waals surface area contributed by atoms with Gasteiger partial charge in [-0.25, -0.2) is 4.68 Å². The first-order valence-corrected chi connectivity index (χ1v) is 8.59. The van der Waals surface area contributed by atoms with E-state index in [2.05, 4.69) is 10.2 Å². The number of nitrogens with two attached hydrogens (primary N) is 1. The Labute approximate surface area is 149 Å². The fourth-order valence-corrected chi connectivity index (χ4v) is 3.36. The second-order valence-corrected chi connectivity index (χ2v) is 6.59. The lowest BCUT2D eigenvalue weighted by Gasteiger charge is -2.06. The Morgan fingerprint density at radius 1 is 1.16 bits per heavy atom. The van der Waals surface area contributed by atoms with Crippen molar-refractivity contribution in [2.24, 2.45) is 0 Å². The number of nitro benzene ring substituents is 1. The Bertz CT molecular complexity index is 921. The summed E-state index contributed by atoms with van der Waals surface area (Å²) in [6.45, 7) is 3.76. The number of nitrogens with zero attached hydrogens (tertiary/aromatic N) is 4. The van der Waals surface area contributed by atoms with Crippen molar-refractivity contribution >= 4 is 17.4 Å². The smallest absolute Gasteiger partial charge is 0.272 e. The van der Waals surface area contributed by atoms with Gasteiger partial charge in [-0.15, -0.1) is 10.2 Å². The Morgan fingerprint density at radius 2 is 1.88 bits per heavy atom. The quantitative estimate of drug-likeness (QED) is 0.325. The summed E-state index contributed by atoms with van der Waals surface area (Å²) in [4.78, 5) is 10.7. The summed E-state index contributed by atoms with van der Waals surface area (Å²) in [5.74, 6) is 7.22. The van der Waals surface area contributed by atoms with E-state index < -0.39 is 0 Å². The SMILES string of the molecule is Cc1ccc(-c2nnc(SCc3cccc([N+](=O)[O-])c3C)n2N)cc1. The van der Waals surface area contributed by atoms with Crippen molar-refractivity contribution in [1.82, 2.24) is 14.9 Å². The van der Waals surface area contributed by atoms with Gasteiger partial charge >= 0.3 is 0 Å². The van der Waals surface area contributed by atoms with Crippen LogP contribution in [0.3, 0.4) is 0 Å². The number of benzene rings is 2. The number of aryl methyl sites for hydroxylation is 1. The van der Waals surface area contributed by atoms with Crippen LogP contribution in [0.2, 0.25) is 0 Å². The van der Waals surface area contributed by atoms with Crippen LogP contribution < -0.4 is 5.84 Å². The molecule has 0 bridgehead atoms. The second kappa shape index (κ2) is 6.94. The van der Waals surface area contributed by atoms with E-state index in [9.17, 15) is 10.1 Å². The molecule has 0 unspecified atom stereocenters. The molecular formula is C17H17N5O2S. The van der Waals surface area contributed by atoms with Crippen LogP contribution in [0.15, 0.2) is 47.6 Å². The van der Waals surface area contributed by atoms with Crippen molar-refractivity contribution in [2.45, 2.75) is 24.8 Å². The molecule has 0 saturated carbocycles. The molecule has 25 heavy (non-hydrogen) atoms. The zero-order valence-electron chi connectivity index (χ0n) is 13.8. The third kappa shape index (κ3) is 3.48. The minimum absolute atomic E-state index is 0.118. The Hall–Kier alpha value is -2.87. The lowest BCUT2D eigenvalue weighted by molar-refractivity contribution is -0.385. The number of rotatable bonds is 5. The Balaban J connectivity index is 1.80. The van der Waals surface area contributed by atoms with Gasteiger partial charge in [-0.2, -0.15) is 0 Å². The molecule has 2 aromatic carbocycles. The Morgan fingerprint density at radius 3 is 2.56 bits per heavy atom. The van der Waals surface area contributed by atoms with Crippen LogP contribution in [-0.2, 0) is 5.75 Å². The van der Waals surface area contributed by atoms with Crippen molar-refractivity contribution in [3.8, 4) is 11.4 Å².